The molecule has 1 N–H and O–H groups in total. The molecular formula is C23H32BNO4. The van der Waals surface area contributed by atoms with Crippen molar-refractivity contribution >= 4 is 18.7 Å². The summed E-state index contributed by atoms with van der Waals surface area (Å²) in [5.74, 6) is 0.578. The van der Waals surface area contributed by atoms with Crippen LogP contribution in [0.3, 0.4) is 0 Å². The van der Waals surface area contributed by atoms with E-state index < -0.39 is 6.09 Å². The molecule has 0 bridgehead atoms. The summed E-state index contributed by atoms with van der Waals surface area (Å²) < 4.78 is 17.5. The van der Waals surface area contributed by atoms with Crippen LogP contribution in [-0.4, -0.2) is 31.0 Å². The van der Waals surface area contributed by atoms with Gasteiger partial charge < -0.3 is 19.4 Å². The molecule has 1 heterocycles. The van der Waals surface area contributed by atoms with Gasteiger partial charge >= 0.3 is 13.2 Å². The van der Waals surface area contributed by atoms with Crippen LogP contribution >= 0.6 is 0 Å². The lowest BCUT2D eigenvalue weighted by molar-refractivity contribution is 0.00578. The minimum absolute atomic E-state index is 0.335. The van der Waals surface area contributed by atoms with E-state index in [-0.39, 0.29) is 18.3 Å². The molecule has 156 valence electrons. The summed E-state index contributed by atoms with van der Waals surface area (Å²) in [7, 11) is -0.378. The summed E-state index contributed by atoms with van der Waals surface area (Å²) >= 11 is 0. The van der Waals surface area contributed by atoms with E-state index in [1.54, 1.807) is 0 Å². The van der Waals surface area contributed by atoms with E-state index in [9.17, 15) is 4.79 Å². The Hall–Kier alpha value is -2.05. The highest BCUT2D eigenvalue weighted by molar-refractivity contribution is 6.62. The van der Waals surface area contributed by atoms with E-state index in [1.165, 1.54) is 0 Å². The van der Waals surface area contributed by atoms with Crippen LogP contribution in [0.1, 0.15) is 53.0 Å². The van der Waals surface area contributed by atoms with Gasteiger partial charge in [-0.3, -0.25) is 0 Å². The minimum atomic E-state index is -0.401. The first kappa shape index (κ1) is 21.7. The molecule has 1 saturated heterocycles. The molecule has 0 aromatic heterocycles. The zero-order valence-corrected chi connectivity index (χ0v) is 18.2. The molecule has 1 amide bonds. The third kappa shape index (κ3) is 5.52. The number of benzene rings is 1. The lowest BCUT2D eigenvalue weighted by Crippen LogP contribution is -2.41. The number of amides is 1. The van der Waals surface area contributed by atoms with Crippen LogP contribution in [-0.2, 0) is 20.6 Å². The van der Waals surface area contributed by atoms with Gasteiger partial charge in [0.15, 0.2) is 0 Å². The first-order valence-corrected chi connectivity index (χ1v) is 10.4. The number of ether oxygens (including phenoxy) is 1. The Morgan fingerprint density at radius 1 is 1.17 bits per heavy atom. The number of allylic oxidation sites excluding steroid dienone is 3. The topological polar surface area (TPSA) is 56.8 Å². The van der Waals surface area contributed by atoms with Gasteiger partial charge in [0.25, 0.3) is 0 Å². The highest BCUT2D eigenvalue weighted by Gasteiger charge is 2.51. The van der Waals surface area contributed by atoms with Crippen LogP contribution < -0.4 is 10.8 Å². The quantitative estimate of drug-likeness (QED) is 0.760. The smallest absolute Gasteiger partial charge is 0.445 e. The normalized spacial score (nSPS) is 22.7. The number of rotatable bonds is 5. The Kier molecular flexibility index (Phi) is 6.54. The van der Waals surface area contributed by atoms with Crippen LogP contribution in [0.2, 0.25) is 0 Å². The molecule has 29 heavy (non-hydrogen) atoms. The minimum Gasteiger partial charge on any atom is -0.445 e. The standard InChI is InChI=1S/C23H32BNO4/c1-17-8-6-7-9-19(14-17)16-27-21(26)25-15-18-10-12-20(13-11-18)24-28-22(2,3)23(4,5)29-24/h6-7,9-13,17H,8,14-16H2,1-5H3,(H,25,26). The van der Waals surface area contributed by atoms with E-state index in [4.69, 9.17) is 14.0 Å². The van der Waals surface area contributed by atoms with Crippen LogP contribution in [0.4, 0.5) is 4.79 Å². The van der Waals surface area contributed by atoms with E-state index in [2.05, 4.69) is 18.3 Å². The Morgan fingerprint density at radius 2 is 1.83 bits per heavy atom. The molecule has 0 saturated carbocycles. The van der Waals surface area contributed by atoms with Crippen molar-refractivity contribution in [3.8, 4) is 0 Å². The summed E-state index contributed by atoms with van der Waals surface area (Å²) in [6, 6.07) is 7.91. The highest BCUT2D eigenvalue weighted by Crippen LogP contribution is 2.36. The molecule has 2 aliphatic rings. The maximum atomic E-state index is 12.0. The molecule has 0 spiro atoms. The van der Waals surface area contributed by atoms with Crippen LogP contribution in [0, 0.1) is 5.92 Å². The van der Waals surface area contributed by atoms with Gasteiger partial charge in [0, 0.05) is 6.54 Å². The van der Waals surface area contributed by atoms with Gasteiger partial charge in [-0.15, -0.1) is 0 Å². The first-order valence-electron chi connectivity index (χ1n) is 10.4. The lowest BCUT2D eigenvalue weighted by Gasteiger charge is -2.32. The molecule has 1 atom stereocenters. The zero-order valence-electron chi connectivity index (χ0n) is 18.2. The molecule has 3 rings (SSSR count). The Morgan fingerprint density at radius 3 is 2.48 bits per heavy atom. The van der Waals surface area contributed by atoms with Gasteiger partial charge in [0.05, 0.1) is 11.2 Å². The fourth-order valence-corrected chi connectivity index (χ4v) is 3.38. The van der Waals surface area contributed by atoms with Crippen LogP contribution in [0.25, 0.3) is 0 Å². The Bertz CT molecular complexity index is 767. The number of alkyl carbamates (subject to hydrolysis) is 1. The van der Waals surface area contributed by atoms with Gasteiger partial charge in [0.1, 0.15) is 6.61 Å². The average molecular weight is 397 g/mol. The largest absolute Gasteiger partial charge is 0.494 e. The number of hydrogen-bond donors (Lipinski definition) is 1. The summed E-state index contributed by atoms with van der Waals surface area (Å²) in [6.07, 6.45) is 7.87. The van der Waals surface area contributed by atoms with Crippen molar-refractivity contribution < 1.29 is 18.8 Å². The number of nitrogens with one attached hydrogen (secondary N) is 1. The maximum absolute atomic E-state index is 12.0. The zero-order chi connectivity index (χ0) is 21.1. The Balaban J connectivity index is 1.46. The highest BCUT2D eigenvalue weighted by atomic mass is 16.7. The number of hydrogen-bond acceptors (Lipinski definition) is 4. The van der Waals surface area contributed by atoms with Gasteiger partial charge in [-0.1, -0.05) is 49.4 Å². The third-order valence-corrected chi connectivity index (χ3v) is 5.95. The molecule has 1 fully saturated rings. The predicted octanol–water partition coefficient (Wildman–Crippen LogP) is 4.12. The van der Waals surface area contributed by atoms with Gasteiger partial charge in [-0.05, 0) is 63.1 Å². The Labute approximate surface area is 174 Å². The summed E-state index contributed by atoms with van der Waals surface area (Å²) in [5.41, 5.74) is 2.39. The molecule has 5 nitrogen and oxygen atoms in total. The summed E-state index contributed by atoms with van der Waals surface area (Å²) in [6.45, 7) is 11.1. The van der Waals surface area contributed by atoms with Gasteiger partial charge in [-0.25, -0.2) is 4.79 Å². The molecule has 6 heteroatoms. The molecular weight excluding hydrogens is 365 g/mol. The predicted molar refractivity (Wildman–Crippen MR) is 116 cm³/mol. The van der Waals surface area contributed by atoms with E-state index in [1.807, 2.05) is 64.1 Å². The molecule has 1 unspecified atom stereocenters. The van der Waals surface area contributed by atoms with E-state index in [0.29, 0.717) is 19.1 Å². The van der Waals surface area contributed by atoms with Crippen molar-refractivity contribution in [2.75, 3.05) is 6.61 Å². The summed E-state index contributed by atoms with van der Waals surface area (Å²) in [5, 5.41) is 2.81. The van der Waals surface area contributed by atoms with Crippen molar-refractivity contribution in [2.24, 2.45) is 5.92 Å². The van der Waals surface area contributed by atoms with Crippen molar-refractivity contribution in [1.82, 2.24) is 5.32 Å². The second-order valence-electron chi connectivity index (χ2n) is 9.06. The van der Waals surface area contributed by atoms with Crippen LogP contribution in [0.5, 0.6) is 0 Å². The van der Waals surface area contributed by atoms with Crippen LogP contribution in [0.15, 0.2) is 48.1 Å². The second-order valence-corrected chi connectivity index (χ2v) is 9.06. The van der Waals surface area contributed by atoms with Crippen molar-refractivity contribution in [3.63, 3.8) is 0 Å². The molecule has 0 radical (unpaired) electrons. The van der Waals surface area contributed by atoms with Crippen molar-refractivity contribution in [2.45, 2.75) is 65.2 Å². The monoisotopic (exact) mass is 397 g/mol. The van der Waals surface area contributed by atoms with E-state index >= 15 is 0 Å². The number of carbonyl (C=O) groups excluding carboxylic acids is 1. The average Bonchev–Trinajstić information content (AvgIpc) is 2.79. The summed E-state index contributed by atoms with van der Waals surface area (Å²) in [4.78, 5) is 12.0. The molecule has 1 aromatic rings. The first-order chi connectivity index (χ1) is 13.7. The third-order valence-electron chi connectivity index (χ3n) is 5.95. The second kappa shape index (κ2) is 8.76. The molecule has 1 aromatic carbocycles. The van der Waals surface area contributed by atoms with Gasteiger partial charge in [0.2, 0.25) is 0 Å². The van der Waals surface area contributed by atoms with Gasteiger partial charge in [-0.2, -0.15) is 0 Å². The maximum Gasteiger partial charge on any atom is 0.494 e. The molecule has 1 aliphatic heterocycles. The fraction of sp³-hybridized carbons (Fsp3) is 0.522. The number of carbonyl (C=O) groups is 1. The van der Waals surface area contributed by atoms with Crippen molar-refractivity contribution in [3.05, 3.63) is 53.6 Å². The van der Waals surface area contributed by atoms with Crippen molar-refractivity contribution in [1.29, 1.82) is 0 Å². The molecule has 1 aliphatic carbocycles. The SMILES string of the molecule is CC1CC=CC=C(COC(=O)NCc2ccc(B3OC(C)(C)C(C)(C)O3)cc2)C1. The fourth-order valence-electron chi connectivity index (χ4n) is 3.38. The van der Waals surface area contributed by atoms with E-state index in [0.717, 1.165) is 29.4 Å². The lowest BCUT2D eigenvalue weighted by atomic mass is 9.79.